The Morgan fingerprint density at radius 3 is 2.55 bits per heavy atom. The van der Waals surface area contributed by atoms with E-state index in [1.54, 1.807) is 0 Å². The molecule has 0 fully saturated rings. The maximum Gasteiger partial charge on any atom is 0.267 e. The highest BCUT2D eigenvalue weighted by Crippen LogP contribution is 2.27. The molecule has 1 amide bonds. The maximum atomic E-state index is 12.7. The number of carbonyl (C=O) groups excluding carboxylic acids is 1. The van der Waals surface area contributed by atoms with Crippen molar-refractivity contribution < 1.29 is 9.53 Å². The van der Waals surface area contributed by atoms with E-state index in [9.17, 15) is 4.79 Å². The number of nitrogens with one attached hydrogen (secondary N) is 1. The average Bonchev–Trinajstić information content (AvgIpc) is 3.20. The van der Waals surface area contributed by atoms with Gasteiger partial charge in [-0.15, -0.1) is 10.2 Å². The molecule has 4 rings (SSSR count). The summed E-state index contributed by atoms with van der Waals surface area (Å²) in [5, 5.41) is 14.6. The lowest BCUT2D eigenvalue weighted by Gasteiger charge is -2.16. The van der Waals surface area contributed by atoms with Gasteiger partial charge in [-0.25, -0.2) is 0 Å². The van der Waals surface area contributed by atoms with E-state index in [4.69, 9.17) is 4.74 Å². The first-order chi connectivity index (χ1) is 14.1. The topological polar surface area (TPSA) is 64.1 Å². The van der Waals surface area contributed by atoms with Gasteiger partial charge in [-0.3, -0.25) is 10.1 Å². The first-order valence-corrected chi connectivity index (χ1v) is 10.3. The SMILES string of the molecule is CCC(Oc1ccc2ccccc2c1)C(=O)Nc1nnc(-c2ccc(C)cc2)s1. The van der Waals surface area contributed by atoms with Crippen molar-refractivity contribution in [2.45, 2.75) is 26.4 Å². The van der Waals surface area contributed by atoms with E-state index in [0.717, 1.165) is 21.3 Å². The number of fused-ring (bicyclic) bond motifs is 1. The van der Waals surface area contributed by atoms with Crippen LogP contribution in [-0.4, -0.2) is 22.2 Å². The summed E-state index contributed by atoms with van der Waals surface area (Å²) >= 11 is 1.35. The minimum absolute atomic E-state index is 0.229. The van der Waals surface area contributed by atoms with Crippen molar-refractivity contribution in [1.82, 2.24) is 10.2 Å². The van der Waals surface area contributed by atoms with Crippen molar-refractivity contribution >= 4 is 33.1 Å². The normalized spacial score (nSPS) is 11.9. The molecule has 1 aromatic heterocycles. The molecule has 6 heteroatoms. The molecule has 5 nitrogen and oxygen atoms in total. The van der Waals surface area contributed by atoms with E-state index < -0.39 is 6.10 Å². The highest BCUT2D eigenvalue weighted by Gasteiger charge is 2.20. The summed E-state index contributed by atoms with van der Waals surface area (Å²) in [6.07, 6.45) is -0.0645. The van der Waals surface area contributed by atoms with Gasteiger partial charge < -0.3 is 4.74 Å². The minimum atomic E-state index is -0.608. The third-order valence-corrected chi connectivity index (χ3v) is 5.50. The fourth-order valence-electron chi connectivity index (χ4n) is 3.00. The number of aryl methyl sites for hydroxylation is 1. The number of rotatable bonds is 6. The second kappa shape index (κ2) is 8.41. The molecule has 0 saturated carbocycles. The Kier molecular flexibility index (Phi) is 5.53. The number of hydrogen-bond acceptors (Lipinski definition) is 5. The third-order valence-electron chi connectivity index (χ3n) is 4.62. The van der Waals surface area contributed by atoms with Crippen molar-refractivity contribution in [2.24, 2.45) is 0 Å². The quantitative estimate of drug-likeness (QED) is 0.464. The summed E-state index contributed by atoms with van der Waals surface area (Å²) < 4.78 is 5.95. The Bertz CT molecular complexity index is 1140. The zero-order chi connectivity index (χ0) is 20.2. The van der Waals surface area contributed by atoms with Crippen LogP contribution in [0.5, 0.6) is 5.75 Å². The Balaban J connectivity index is 1.45. The molecule has 0 aliphatic rings. The Morgan fingerprint density at radius 1 is 1.03 bits per heavy atom. The van der Waals surface area contributed by atoms with Gasteiger partial charge >= 0.3 is 0 Å². The van der Waals surface area contributed by atoms with Crippen LogP contribution in [0.15, 0.2) is 66.7 Å². The van der Waals surface area contributed by atoms with Crippen LogP contribution >= 0.6 is 11.3 Å². The summed E-state index contributed by atoms with van der Waals surface area (Å²) in [5.41, 5.74) is 2.16. The van der Waals surface area contributed by atoms with Gasteiger partial charge in [0.15, 0.2) is 6.10 Å². The molecule has 4 aromatic rings. The van der Waals surface area contributed by atoms with Crippen LogP contribution in [0.25, 0.3) is 21.3 Å². The van der Waals surface area contributed by atoms with Gasteiger partial charge in [-0.2, -0.15) is 0 Å². The van der Waals surface area contributed by atoms with Gasteiger partial charge in [0.05, 0.1) is 0 Å². The smallest absolute Gasteiger partial charge is 0.267 e. The molecule has 0 saturated heterocycles. The molecule has 0 radical (unpaired) electrons. The highest BCUT2D eigenvalue weighted by molar-refractivity contribution is 7.18. The van der Waals surface area contributed by atoms with Crippen LogP contribution in [0, 0.1) is 6.92 Å². The van der Waals surface area contributed by atoms with Gasteiger partial charge in [0, 0.05) is 5.56 Å². The van der Waals surface area contributed by atoms with Crippen molar-refractivity contribution in [3.05, 3.63) is 72.3 Å². The van der Waals surface area contributed by atoms with Crippen molar-refractivity contribution in [2.75, 3.05) is 5.32 Å². The van der Waals surface area contributed by atoms with Gasteiger partial charge in [0.25, 0.3) is 5.91 Å². The third kappa shape index (κ3) is 4.43. The van der Waals surface area contributed by atoms with Gasteiger partial charge in [-0.05, 0) is 36.2 Å². The second-order valence-corrected chi connectivity index (χ2v) is 7.77. The lowest BCUT2D eigenvalue weighted by molar-refractivity contribution is -0.122. The van der Waals surface area contributed by atoms with Crippen molar-refractivity contribution in [3.63, 3.8) is 0 Å². The molecule has 0 bridgehead atoms. The van der Waals surface area contributed by atoms with E-state index in [1.165, 1.54) is 16.9 Å². The molecule has 1 atom stereocenters. The number of anilines is 1. The predicted octanol–water partition coefficient (Wildman–Crippen LogP) is 5.46. The summed E-state index contributed by atoms with van der Waals surface area (Å²) in [7, 11) is 0. The molecule has 0 aliphatic heterocycles. The van der Waals surface area contributed by atoms with Crippen molar-refractivity contribution in [3.8, 4) is 16.3 Å². The number of benzene rings is 3. The molecule has 146 valence electrons. The van der Waals surface area contributed by atoms with E-state index >= 15 is 0 Å². The molecular weight excluding hydrogens is 382 g/mol. The lowest BCUT2D eigenvalue weighted by Crippen LogP contribution is -2.32. The van der Waals surface area contributed by atoms with Gasteiger partial charge in [-0.1, -0.05) is 78.4 Å². The first kappa shape index (κ1) is 19.1. The Morgan fingerprint density at radius 2 is 1.79 bits per heavy atom. The number of amides is 1. The van der Waals surface area contributed by atoms with Gasteiger partial charge in [0.2, 0.25) is 5.13 Å². The molecule has 1 N–H and O–H groups in total. The highest BCUT2D eigenvalue weighted by atomic mass is 32.1. The molecule has 0 spiro atoms. The monoisotopic (exact) mass is 403 g/mol. The van der Waals surface area contributed by atoms with Crippen LogP contribution in [-0.2, 0) is 4.79 Å². The fraction of sp³-hybridized carbons (Fsp3) is 0.174. The number of nitrogens with zero attached hydrogens (tertiary/aromatic N) is 2. The fourth-order valence-corrected chi connectivity index (χ4v) is 3.75. The van der Waals surface area contributed by atoms with Gasteiger partial charge in [0.1, 0.15) is 10.8 Å². The summed E-state index contributed by atoms with van der Waals surface area (Å²) in [4.78, 5) is 12.7. The summed E-state index contributed by atoms with van der Waals surface area (Å²) in [6, 6.07) is 21.9. The van der Waals surface area contributed by atoms with E-state index in [0.29, 0.717) is 17.3 Å². The Labute approximate surface area is 173 Å². The molecule has 0 aliphatic carbocycles. The number of carbonyl (C=O) groups is 1. The minimum Gasteiger partial charge on any atom is -0.481 e. The molecule has 1 heterocycles. The first-order valence-electron chi connectivity index (χ1n) is 9.49. The zero-order valence-electron chi connectivity index (χ0n) is 16.3. The molecule has 1 unspecified atom stereocenters. The molecule has 3 aromatic carbocycles. The van der Waals surface area contributed by atoms with Crippen LogP contribution in [0.1, 0.15) is 18.9 Å². The van der Waals surface area contributed by atoms with Crippen LogP contribution < -0.4 is 10.1 Å². The Hall–Kier alpha value is -3.25. The molecular formula is C23H21N3O2S. The number of ether oxygens (including phenoxy) is 1. The van der Waals surface area contributed by atoms with Crippen LogP contribution in [0.2, 0.25) is 0 Å². The zero-order valence-corrected chi connectivity index (χ0v) is 17.1. The van der Waals surface area contributed by atoms with Crippen LogP contribution in [0.4, 0.5) is 5.13 Å². The van der Waals surface area contributed by atoms with E-state index in [2.05, 4.69) is 15.5 Å². The number of hydrogen-bond donors (Lipinski definition) is 1. The lowest BCUT2D eigenvalue weighted by atomic mass is 10.1. The van der Waals surface area contributed by atoms with Crippen molar-refractivity contribution in [1.29, 1.82) is 0 Å². The average molecular weight is 404 g/mol. The number of aromatic nitrogens is 2. The van der Waals surface area contributed by atoms with E-state index in [1.807, 2.05) is 80.6 Å². The summed E-state index contributed by atoms with van der Waals surface area (Å²) in [5.74, 6) is 0.440. The maximum absolute atomic E-state index is 12.7. The standard InChI is InChI=1S/C23H21N3O2S/c1-3-20(28-19-13-12-16-6-4-5-7-18(16)14-19)21(27)24-23-26-25-22(29-23)17-10-8-15(2)9-11-17/h4-14,20H,3H2,1-2H3,(H,24,26,27). The molecule has 29 heavy (non-hydrogen) atoms. The van der Waals surface area contributed by atoms with Crippen LogP contribution in [0.3, 0.4) is 0 Å². The van der Waals surface area contributed by atoms with E-state index in [-0.39, 0.29) is 5.91 Å². The second-order valence-electron chi connectivity index (χ2n) is 6.79. The largest absolute Gasteiger partial charge is 0.481 e. The summed E-state index contributed by atoms with van der Waals surface area (Å²) in [6.45, 7) is 3.96. The predicted molar refractivity (Wildman–Crippen MR) is 117 cm³/mol.